The fourth-order valence-electron chi connectivity index (χ4n) is 7.14. The van der Waals surface area contributed by atoms with Crippen LogP contribution >= 0.6 is 0 Å². The van der Waals surface area contributed by atoms with Crippen molar-refractivity contribution in [2.45, 2.75) is 123 Å². The van der Waals surface area contributed by atoms with Gasteiger partial charge in [0.15, 0.2) is 29.7 Å². The summed E-state index contributed by atoms with van der Waals surface area (Å²) in [4.78, 5) is 93.3. The van der Waals surface area contributed by atoms with Crippen LogP contribution in [0.2, 0.25) is 0 Å². The number of ether oxygens (including phenoxy) is 6. The molecule has 290 valence electrons. The number of benzene rings is 1. The van der Waals surface area contributed by atoms with Crippen LogP contribution < -0.4 is 0 Å². The molecule has 1 N–H and O–H groups in total. The lowest BCUT2D eigenvalue weighted by molar-refractivity contribution is -0.192. The molecule has 3 rings (SSSR count). The van der Waals surface area contributed by atoms with Crippen LogP contribution in [0.3, 0.4) is 0 Å². The second kappa shape index (κ2) is 16.9. The van der Waals surface area contributed by atoms with Crippen molar-refractivity contribution in [1.82, 2.24) is 0 Å². The van der Waals surface area contributed by atoms with Crippen molar-refractivity contribution in [2.75, 3.05) is 0 Å². The number of hydrogen-bond acceptors (Lipinski definition) is 14. The summed E-state index contributed by atoms with van der Waals surface area (Å²) < 4.78 is 35.3. The van der Waals surface area contributed by atoms with Crippen LogP contribution in [-0.4, -0.2) is 88.4 Å². The SMILES string of the molecule is C=C1C(OC(=O)CCC)C(OC(C)=O)C(OC(C)=O)C(C)(C)C=CC(C)C(=O)C2(OC(C)=O)CC(C)(O)C(OC(C)=O)C2C1OC(=O)c1ccccc1. The Kier molecular flexibility index (Phi) is 13.5. The number of hydrogen-bond donors (Lipinski definition) is 1. The van der Waals surface area contributed by atoms with Gasteiger partial charge in [-0.15, -0.1) is 0 Å². The maximum atomic E-state index is 14.9. The topological polar surface area (TPSA) is 195 Å². The van der Waals surface area contributed by atoms with E-state index >= 15 is 0 Å². The Balaban J connectivity index is 2.58. The lowest BCUT2D eigenvalue weighted by Crippen LogP contribution is -2.59. The van der Waals surface area contributed by atoms with Gasteiger partial charge in [-0.05, 0) is 25.5 Å². The summed E-state index contributed by atoms with van der Waals surface area (Å²) in [5, 5.41) is 12.0. The number of carbonyl (C=O) groups is 7. The molecule has 0 heterocycles. The van der Waals surface area contributed by atoms with Crippen LogP contribution in [-0.2, 0) is 57.2 Å². The van der Waals surface area contributed by atoms with Crippen LogP contribution in [0.1, 0.15) is 91.9 Å². The number of ketones is 1. The average Bonchev–Trinajstić information content (AvgIpc) is 3.26. The third-order valence-electron chi connectivity index (χ3n) is 9.30. The Hall–Kier alpha value is -4.85. The highest BCUT2D eigenvalue weighted by Gasteiger charge is 2.70. The van der Waals surface area contributed by atoms with Crippen molar-refractivity contribution >= 4 is 41.6 Å². The highest BCUT2D eigenvalue weighted by Crippen LogP contribution is 2.53. The Morgan fingerprint density at radius 2 is 1.38 bits per heavy atom. The van der Waals surface area contributed by atoms with E-state index in [9.17, 15) is 38.7 Å². The van der Waals surface area contributed by atoms with Crippen LogP contribution in [0, 0.1) is 17.3 Å². The van der Waals surface area contributed by atoms with Gasteiger partial charge in [0.25, 0.3) is 0 Å². The highest BCUT2D eigenvalue weighted by atomic mass is 16.6. The van der Waals surface area contributed by atoms with Crippen molar-refractivity contribution in [3.05, 3.63) is 60.2 Å². The number of fused-ring (bicyclic) bond motifs is 1. The molecule has 0 bridgehead atoms. The van der Waals surface area contributed by atoms with Crippen LogP contribution in [0.25, 0.3) is 0 Å². The number of aliphatic hydroxyl groups is 1. The van der Waals surface area contributed by atoms with Gasteiger partial charge < -0.3 is 33.5 Å². The standard InChI is InChI=1S/C39H50O14/c1-11-15-28(44)51-31-22(3)30(52-36(46)27-16-13-12-14-17-27)29-34(49-24(5)41)38(10,47)20-39(29,53-26(7)43)33(45)21(2)18-19-37(8,9)35(50-25(6)42)32(31)48-23(4)40/h12-14,16-19,21,29-32,34-35,47H,3,11,15,20H2,1-2,4-10H3. The quantitative estimate of drug-likeness (QED) is 0.215. The molecule has 1 fully saturated rings. The van der Waals surface area contributed by atoms with E-state index in [0.717, 1.165) is 27.7 Å². The lowest BCUT2D eigenvalue weighted by Gasteiger charge is -2.44. The zero-order chi connectivity index (χ0) is 40.1. The predicted octanol–water partition coefficient (Wildman–Crippen LogP) is 4.15. The van der Waals surface area contributed by atoms with Gasteiger partial charge in [-0.1, -0.05) is 64.6 Å². The molecule has 1 aromatic carbocycles. The minimum Gasteiger partial charge on any atom is -0.459 e. The summed E-state index contributed by atoms with van der Waals surface area (Å²) in [6.07, 6.45) is -5.91. The van der Waals surface area contributed by atoms with E-state index in [2.05, 4.69) is 6.58 Å². The van der Waals surface area contributed by atoms with Crippen LogP contribution in [0.5, 0.6) is 0 Å². The number of carbonyl (C=O) groups excluding carboxylic acids is 7. The van der Waals surface area contributed by atoms with Crippen LogP contribution in [0.15, 0.2) is 54.6 Å². The molecule has 0 radical (unpaired) electrons. The van der Waals surface area contributed by atoms with Crippen molar-refractivity contribution in [3.8, 4) is 0 Å². The van der Waals surface area contributed by atoms with E-state index in [4.69, 9.17) is 28.4 Å². The molecule has 1 aromatic rings. The summed E-state index contributed by atoms with van der Waals surface area (Å²) in [5.41, 5.74) is -6.06. The van der Waals surface area contributed by atoms with Gasteiger partial charge in [0.05, 0.1) is 11.5 Å². The predicted molar refractivity (Wildman–Crippen MR) is 187 cm³/mol. The molecule has 9 unspecified atom stereocenters. The molecule has 53 heavy (non-hydrogen) atoms. The van der Waals surface area contributed by atoms with Gasteiger partial charge in [0.2, 0.25) is 0 Å². The monoisotopic (exact) mass is 742 g/mol. The first-order valence-electron chi connectivity index (χ1n) is 17.4. The minimum absolute atomic E-state index is 0.0240. The number of Topliss-reactive ketones (excluding diaryl/α,β-unsaturated/α-hetero) is 1. The Bertz CT molecular complexity index is 1630. The van der Waals surface area contributed by atoms with Gasteiger partial charge in [-0.2, -0.15) is 0 Å². The van der Waals surface area contributed by atoms with E-state index < -0.39 is 107 Å². The molecule has 0 saturated heterocycles. The maximum absolute atomic E-state index is 14.9. The van der Waals surface area contributed by atoms with E-state index in [1.807, 2.05) is 0 Å². The molecule has 14 nitrogen and oxygen atoms in total. The summed E-state index contributed by atoms with van der Waals surface area (Å²) >= 11 is 0. The molecule has 2 aliphatic carbocycles. The minimum atomic E-state index is -2.36. The van der Waals surface area contributed by atoms with E-state index in [0.29, 0.717) is 6.42 Å². The molecular weight excluding hydrogens is 692 g/mol. The Morgan fingerprint density at radius 1 is 0.811 bits per heavy atom. The second-order valence-electron chi connectivity index (χ2n) is 14.4. The fourth-order valence-corrected chi connectivity index (χ4v) is 7.14. The lowest BCUT2D eigenvalue weighted by atomic mass is 9.72. The zero-order valence-electron chi connectivity index (χ0n) is 31.7. The molecule has 0 aromatic heterocycles. The first kappa shape index (κ1) is 42.6. The number of rotatable bonds is 9. The summed E-state index contributed by atoms with van der Waals surface area (Å²) in [5.74, 6) is -8.94. The maximum Gasteiger partial charge on any atom is 0.338 e. The van der Waals surface area contributed by atoms with Crippen LogP contribution in [0.4, 0.5) is 0 Å². The molecule has 2 aliphatic rings. The third-order valence-corrected chi connectivity index (χ3v) is 9.30. The number of allylic oxidation sites excluding steroid dienone is 1. The van der Waals surface area contributed by atoms with Gasteiger partial charge >= 0.3 is 35.8 Å². The molecule has 9 atom stereocenters. The summed E-state index contributed by atoms with van der Waals surface area (Å²) in [6.45, 7) is 16.2. The second-order valence-corrected chi connectivity index (χ2v) is 14.4. The smallest absolute Gasteiger partial charge is 0.338 e. The molecule has 0 aliphatic heterocycles. The third kappa shape index (κ3) is 9.78. The molecule has 14 heteroatoms. The van der Waals surface area contributed by atoms with E-state index in [1.54, 1.807) is 39.0 Å². The fraction of sp³-hybridized carbons (Fsp3) is 0.564. The van der Waals surface area contributed by atoms with Gasteiger partial charge in [0, 0.05) is 57.4 Å². The Labute approximate surface area is 309 Å². The van der Waals surface area contributed by atoms with Gasteiger partial charge in [-0.25, -0.2) is 4.79 Å². The van der Waals surface area contributed by atoms with Gasteiger partial charge in [-0.3, -0.25) is 28.8 Å². The van der Waals surface area contributed by atoms with E-state index in [-0.39, 0.29) is 17.6 Å². The largest absolute Gasteiger partial charge is 0.459 e. The highest BCUT2D eigenvalue weighted by molar-refractivity contribution is 5.94. The van der Waals surface area contributed by atoms with Crippen molar-refractivity contribution in [3.63, 3.8) is 0 Å². The summed E-state index contributed by atoms with van der Waals surface area (Å²) in [7, 11) is 0. The summed E-state index contributed by atoms with van der Waals surface area (Å²) in [6, 6.07) is 7.65. The van der Waals surface area contributed by atoms with Crippen molar-refractivity contribution in [1.29, 1.82) is 0 Å². The van der Waals surface area contributed by atoms with Crippen molar-refractivity contribution < 1.29 is 67.1 Å². The molecule has 1 saturated carbocycles. The van der Waals surface area contributed by atoms with Crippen molar-refractivity contribution in [2.24, 2.45) is 17.3 Å². The van der Waals surface area contributed by atoms with Gasteiger partial charge in [0.1, 0.15) is 17.8 Å². The van der Waals surface area contributed by atoms with E-state index in [1.165, 1.54) is 38.1 Å². The molecular formula is C39H50O14. The first-order chi connectivity index (χ1) is 24.6. The molecule has 0 amide bonds. The normalized spacial score (nSPS) is 31.1. The zero-order valence-corrected chi connectivity index (χ0v) is 31.7. The number of esters is 6. The average molecular weight is 743 g/mol. The molecule has 0 spiro atoms. The Morgan fingerprint density at radius 3 is 1.91 bits per heavy atom. The first-order valence-corrected chi connectivity index (χ1v) is 17.4.